The summed E-state index contributed by atoms with van der Waals surface area (Å²) < 4.78 is 35.4. The van der Waals surface area contributed by atoms with Gasteiger partial charge >= 0.3 is 0 Å². The van der Waals surface area contributed by atoms with Crippen LogP contribution in [0.3, 0.4) is 0 Å². The Bertz CT molecular complexity index is 1700. The summed E-state index contributed by atoms with van der Waals surface area (Å²) in [6, 6.07) is 29.5. The molecule has 0 fully saturated rings. The second-order valence-electron chi connectivity index (χ2n) is 11.0. The number of methoxy groups -OCH3 is 1. The van der Waals surface area contributed by atoms with E-state index in [0.717, 1.165) is 33.8 Å². The predicted molar refractivity (Wildman–Crippen MR) is 185 cm³/mol. The van der Waals surface area contributed by atoms with E-state index < -0.39 is 28.5 Å². The maximum atomic E-state index is 14.5. The lowest BCUT2D eigenvalue weighted by Crippen LogP contribution is -2.53. The van der Waals surface area contributed by atoms with Gasteiger partial charge in [-0.25, -0.2) is 8.42 Å². The van der Waals surface area contributed by atoms with Gasteiger partial charge in [0.1, 0.15) is 18.3 Å². The minimum atomic E-state index is -4.24. The minimum absolute atomic E-state index is 0.0127. The molecule has 4 rings (SSSR count). The normalized spacial score (nSPS) is 11.8. The molecule has 0 spiro atoms. The van der Waals surface area contributed by atoms with Gasteiger partial charge in [-0.05, 0) is 70.7 Å². The third kappa shape index (κ3) is 8.98. The first-order chi connectivity index (χ1) is 22.1. The Balaban J connectivity index is 1.78. The number of unbranched alkanes of at least 4 members (excludes halogenated alkanes) is 1. The summed E-state index contributed by atoms with van der Waals surface area (Å²) in [6.07, 6.45) is 1.97. The van der Waals surface area contributed by atoms with E-state index in [1.807, 2.05) is 74.5 Å². The molecular formula is C36H40BrN3O5S. The van der Waals surface area contributed by atoms with Gasteiger partial charge in [-0.1, -0.05) is 91.7 Å². The number of sulfonamides is 1. The number of halogens is 1. The number of benzene rings is 4. The molecule has 242 valence electrons. The van der Waals surface area contributed by atoms with Gasteiger partial charge in [-0.3, -0.25) is 13.9 Å². The molecule has 0 aliphatic heterocycles. The van der Waals surface area contributed by atoms with Crippen molar-refractivity contribution in [1.82, 2.24) is 10.2 Å². The van der Waals surface area contributed by atoms with Crippen molar-refractivity contribution >= 4 is 43.5 Å². The SMILES string of the molecule is CCCCNC(=O)[C@H](Cc1ccccc1)N(Cc1ccccc1)C(=O)CN(c1ccc(C)cc1)S(=O)(=O)c1ccc(OC)c(Br)c1. The molecule has 8 nitrogen and oxygen atoms in total. The summed E-state index contributed by atoms with van der Waals surface area (Å²) in [6.45, 7) is 4.02. The second kappa shape index (κ2) is 16.4. The molecule has 46 heavy (non-hydrogen) atoms. The quantitative estimate of drug-likeness (QED) is 0.142. The van der Waals surface area contributed by atoms with Crippen molar-refractivity contribution in [2.45, 2.75) is 50.6 Å². The number of rotatable bonds is 15. The summed E-state index contributed by atoms with van der Waals surface area (Å²) in [5.74, 6) is -0.318. The average molecular weight is 707 g/mol. The van der Waals surface area contributed by atoms with Crippen LogP contribution in [0.4, 0.5) is 5.69 Å². The fraction of sp³-hybridized carbons (Fsp3) is 0.278. The highest BCUT2D eigenvalue weighted by Crippen LogP contribution is 2.31. The lowest BCUT2D eigenvalue weighted by atomic mass is 10.0. The van der Waals surface area contributed by atoms with Crippen molar-refractivity contribution in [3.8, 4) is 5.75 Å². The fourth-order valence-electron chi connectivity index (χ4n) is 5.01. The molecule has 0 aliphatic carbocycles. The molecule has 1 N–H and O–H groups in total. The number of nitrogens with zero attached hydrogens (tertiary/aromatic N) is 2. The van der Waals surface area contributed by atoms with Crippen LogP contribution in [-0.2, 0) is 32.6 Å². The summed E-state index contributed by atoms with van der Waals surface area (Å²) in [5, 5.41) is 3.01. The first-order valence-electron chi connectivity index (χ1n) is 15.2. The summed E-state index contributed by atoms with van der Waals surface area (Å²) in [4.78, 5) is 29.8. The Morgan fingerprint density at radius 3 is 2.11 bits per heavy atom. The number of ether oxygens (including phenoxy) is 1. The predicted octanol–water partition coefficient (Wildman–Crippen LogP) is 6.52. The van der Waals surface area contributed by atoms with Crippen LogP contribution in [-0.4, -0.2) is 51.4 Å². The Morgan fingerprint density at radius 2 is 1.52 bits per heavy atom. The van der Waals surface area contributed by atoms with Gasteiger partial charge in [0.15, 0.2) is 0 Å². The van der Waals surface area contributed by atoms with E-state index in [4.69, 9.17) is 4.74 Å². The molecule has 0 bridgehead atoms. The van der Waals surface area contributed by atoms with E-state index in [9.17, 15) is 18.0 Å². The van der Waals surface area contributed by atoms with E-state index in [1.54, 1.807) is 30.3 Å². The van der Waals surface area contributed by atoms with Crippen LogP contribution in [0.15, 0.2) is 112 Å². The number of carbonyl (C=O) groups excluding carboxylic acids is 2. The van der Waals surface area contributed by atoms with E-state index in [0.29, 0.717) is 22.5 Å². The molecule has 0 unspecified atom stereocenters. The number of aryl methyl sites for hydroxylation is 1. The molecule has 0 saturated carbocycles. The summed E-state index contributed by atoms with van der Waals surface area (Å²) in [5.41, 5.74) is 2.98. The van der Waals surface area contributed by atoms with Gasteiger partial charge in [0.2, 0.25) is 11.8 Å². The Kier molecular flexibility index (Phi) is 12.4. The maximum Gasteiger partial charge on any atom is 0.264 e. The zero-order chi connectivity index (χ0) is 33.1. The smallest absolute Gasteiger partial charge is 0.264 e. The van der Waals surface area contributed by atoms with Crippen LogP contribution in [0.2, 0.25) is 0 Å². The molecule has 0 radical (unpaired) electrons. The molecular weight excluding hydrogens is 666 g/mol. The third-order valence-electron chi connectivity index (χ3n) is 7.61. The van der Waals surface area contributed by atoms with Crippen molar-refractivity contribution in [2.75, 3.05) is 24.5 Å². The second-order valence-corrected chi connectivity index (χ2v) is 13.7. The largest absolute Gasteiger partial charge is 0.496 e. The molecule has 0 aliphatic rings. The molecule has 1 atom stereocenters. The zero-order valence-corrected chi connectivity index (χ0v) is 28.8. The van der Waals surface area contributed by atoms with Crippen LogP contribution < -0.4 is 14.4 Å². The lowest BCUT2D eigenvalue weighted by Gasteiger charge is -2.34. The third-order valence-corrected chi connectivity index (χ3v) is 10.00. The number of carbonyl (C=O) groups is 2. The Hall–Kier alpha value is -4.15. The van der Waals surface area contributed by atoms with Crippen LogP contribution in [0.5, 0.6) is 5.75 Å². The van der Waals surface area contributed by atoms with E-state index >= 15 is 0 Å². The monoisotopic (exact) mass is 705 g/mol. The highest BCUT2D eigenvalue weighted by Gasteiger charge is 2.34. The molecule has 0 aromatic heterocycles. The Morgan fingerprint density at radius 1 is 0.891 bits per heavy atom. The van der Waals surface area contributed by atoms with E-state index in [2.05, 4.69) is 21.2 Å². The fourth-order valence-corrected chi connectivity index (χ4v) is 7.15. The highest BCUT2D eigenvalue weighted by atomic mass is 79.9. The minimum Gasteiger partial charge on any atom is -0.496 e. The molecule has 0 heterocycles. The van der Waals surface area contributed by atoms with Gasteiger partial charge in [0, 0.05) is 19.5 Å². The lowest BCUT2D eigenvalue weighted by molar-refractivity contribution is -0.140. The highest BCUT2D eigenvalue weighted by molar-refractivity contribution is 9.10. The van der Waals surface area contributed by atoms with Gasteiger partial charge in [0.25, 0.3) is 10.0 Å². The number of nitrogens with one attached hydrogen (secondary N) is 1. The molecule has 4 aromatic carbocycles. The Labute approximate surface area is 280 Å². The van der Waals surface area contributed by atoms with Crippen LogP contribution in [0, 0.1) is 6.92 Å². The van der Waals surface area contributed by atoms with Gasteiger partial charge in [-0.15, -0.1) is 0 Å². The van der Waals surface area contributed by atoms with Crippen LogP contribution >= 0.6 is 15.9 Å². The first-order valence-corrected chi connectivity index (χ1v) is 17.4. The molecule has 10 heteroatoms. The first kappa shape index (κ1) is 34.7. The topological polar surface area (TPSA) is 96.0 Å². The maximum absolute atomic E-state index is 14.5. The molecule has 4 aromatic rings. The summed E-state index contributed by atoms with van der Waals surface area (Å²) in [7, 11) is -2.74. The van der Waals surface area contributed by atoms with E-state index in [1.165, 1.54) is 24.1 Å². The van der Waals surface area contributed by atoms with Gasteiger partial charge in [-0.2, -0.15) is 0 Å². The molecule has 0 saturated heterocycles. The molecule has 2 amide bonds. The van der Waals surface area contributed by atoms with Crippen molar-refractivity contribution in [3.63, 3.8) is 0 Å². The van der Waals surface area contributed by atoms with Gasteiger partial charge in [0.05, 0.1) is 22.2 Å². The average Bonchev–Trinajstić information content (AvgIpc) is 3.06. The standard InChI is InChI=1S/C36H40BrN3O5S/c1-4-5-22-38-36(42)33(23-28-12-8-6-9-13-28)39(25-29-14-10-7-11-15-29)35(41)26-40(30-18-16-27(2)17-19-30)46(43,44)31-20-21-34(45-3)32(37)24-31/h6-21,24,33H,4-5,22-23,25-26H2,1-3H3,(H,38,42)/t33-/m0/s1. The van der Waals surface area contributed by atoms with Crippen LogP contribution in [0.1, 0.15) is 36.5 Å². The summed E-state index contributed by atoms with van der Waals surface area (Å²) >= 11 is 3.39. The van der Waals surface area contributed by atoms with Crippen molar-refractivity contribution in [1.29, 1.82) is 0 Å². The number of hydrogen-bond donors (Lipinski definition) is 1. The van der Waals surface area contributed by atoms with Crippen molar-refractivity contribution < 1.29 is 22.7 Å². The number of hydrogen-bond acceptors (Lipinski definition) is 5. The van der Waals surface area contributed by atoms with Crippen molar-refractivity contribution in [3.05, 3.63) is 124 Å². The zero-order valence-electron chi connectivity index (χ0n) is 26.4. The van der Waals surface area contributed by atoms with Crippen molar-refractivity contribution in [2.24, 2.45) is 0 Å². The number of amides is 2. The van der Waals surface area contributed by atoms with Crippen LogP contribution in [0.25, 0.3) is 0 Å². The van der Waals surface area contributed by atoms with Gasteiger partial charge < -0.3 is 15.0 Å². The number of anilines is 1. The van der Waals surface area contributed by atoms with E-state index in [-0.39, 0.29) is 23.8 Å².